The molecule has 0 bridgehead atoms. The van der Waals surface area contributed by atoms with E-state index in [4.69, 9.17) is 11.6 Å². The molecule has 27 heavy (non-hydrogen) atoms. The van der Waals surface area contributed by atoms with Gasteiger partial charge in [0.2, 0.25) is 5.91 Å². The molecule has 0 spiro atoms. The third-order valence-electron chi connectivity index (χ3n) is 5.04. The van der Waals surface area contributed by atoms with Gasteiger partial charge in [0, 0.05) is 36.3 Å². The van der Waals surface area contributed by atoms with Crippen molar-refractivity contribution in [2.45, 2.75) is 32.2 Å². The van der Waals surface area contributed by atoms with Crippen LogP contribution in [0.4, 0.5) is 11.4 Å². The van der Waals surface area contributed by atoms with Crippen molar-refractivity contribution in [3.63, 3.8) is 0 Å². The van der Waals surface area contributed by atoms with Crippen LogP contribution < -0.4 is 10.2 Å². The number of carbonyl (C=O) groups excluding carboxylic acids is 1. The number of nitrogens with one attached hydrogen (secondary N) is 1. The van der Waals surface area contributed by atoms with E-state index in [1.165, 1.54) is 24.9 Å². The maximum Gasteiger partial charge on any atom is 0.226 e. The van der Waals surface area contributed by atoms with Gasteiger partial charge < -0.3 is 10.2 Å². The molecule has 0 saturated carbocycles. The molecule has 2 heterocycles. The molecule has 2 aromatic carbocycles. The molecule has 3 aromatic rings. The van der Waals surface area contributed by atoms with Crippen LogP contribution in [0.1, 0.15) is 25.7 Å². The number of halogens is 1. The highest BCUT2D eigenvalue weighted by atomic mass is 35.5. The van der Waals surface area contributed by atoms with Crippen molar-refractivity contribution in [3.8, 4) is 0 Å². The van der Waals surface area contributed by atoms with Crippen molar-refractivity contribution < 1.29 is 4.79 Å². The minimum atomic E-state index is -0.0311. The fraction of sp³-hybridized carbons (Fsp3) is 0.333. The fourth-order valence-electron chi connectivity index (χ4n) is 3.60. The molecule has 1 fully saturated rings. The van der Waals surface area contributed by atoms with Gasteiger partial charge in [-0.1, -0.05) is 23.7 Å². The highest BCUT2D eigenvalue weighted by Crippen LogP contribution is 2.23. The Hall–Kier alpha value is -2.53. The number of carbonyl (C=O) groups is 1. The Balaban J connectivity index is 1.35. The number of rotatable bonds is 5. The number of hydrogen-bond donors (Lipinski definition) is 1. The van der Waals surface area contributed by atoms with E-state index in [9.17, 15) is 4.79 Å². The lowest BCUT2D eigenvalue weighted by atomic mass is 10.1. The second kappa shape index (κ2) is 8.01. The quantitative estimate of drug-likeness (QED) is 0.695. The molecular weight excluding hydrogens is 360 g/mol. The molecule has 0 unspecified atom stereocenters. The van der Waals surface area contributed by atoms with E-state index in [1.807, 2.05) is 36.4 Å². The normalized spacial score (nSPS) is 14.5. The van der Waals surface area contributed by atoms with Gasteiger partial charge in [-0.2, -0.15) is 5.10 Å². The van der Waals surface area contributed by atoms with E-state index < -0.39 is 0 Å². The lowest BCUT2D eigenvalue weighted by molar-refractivity contribution is -0.116. The van der Waals surface area contributed by atoms with Crippen molar-refractivity contribution >= 4 is 39.8 Å². The summed E-state index contributed by atoms with van der Waals surface area (Å²) in [5.41, 5.74) is 3.00. The first-order valence-electron chi connectivity index (χ1n) is 9.46. The van der Waals surface area contributed by atoms with Crippen molar-refractivity contribution in [3.05, 3.63) is 53.7 Å². The predicted octanol–water partition coefficient (Wildman–Crippen LogP) is 4.71. The third-order valence-corrected chi connectivity index (χ3v) is 5.32. The lowest BCUT2D eigenvalue weighted by Gasteiger charge is -2.28. The van der Waals surface area contributed by atoms with Gasteiger partial charge in [0.25, 0.3) is 0 Å². The van der Waals surface area contributed by atoms with Crippen molar-refractivity contribution in [1.82, 2.24) is 9.78 Å². The van der Waals surface area contributed by atoms with E-state index in [-0.39, 0.29) is 5.91 Å². The Labute approximate surface area is 163 Å². The Morgan fingerprint density at radius 2 is 1.78 bits per heavy atom. The first-order valence-corrected chi connectivity index (χ1v) is 9.84. The zero-order valence-electron chi connectivity index (χ0n) is 15.2. The summed E-state index contributed by atoms with van der Waals surface area (Å²) in [6.45, 7) is 2.73. The second-order valence-corrected chi connectivity index (χ2v) is 7.28. The molecule has 1 aliphatic heterocycles. The van der Waals surface area contributed by atoms with Gasteiger partial charge in [-0.15, -0.1) is 0 Å². The average molecular weight is 383 g/mol. The molecule has 0 radical (unpaired) electrons. The van der Waals surface area contributed by atoms with Crippen LogP contribution >= 0.6 is 11.6 Å². The first-order chi connectivity index (χ1) is 13.2. The third kappa shape index (κ3) is 4.08. The van der Waals surface area contributed by atoms with E-state index in [2.05, 4.69) is 27.4 Å². The second-order valence-electron chi connectivity index (χ2n) is 6.92. The summed E-state index contributed by atoms with van der Waals surface area (Å²) in [5.74, 6) is -0.0311. The van der Waals surface area contributed by atoms with Crippen molar-refractivity contribution in [2.24, 2.45) is 0 Å². The molecule has 6 heteroatoms. The van der Waals surface area contributed by atoms with E-state index in [0.29, 0.717) is 18.1 Å². The molecule has 1 saturated heterocycles. The van der Waals surface area contributed by atoms with Gasteiger partial charge in [0.15, 0.2) is 5.15 Å². The van der Waals surface area contributed by atoms with E-state index in [0.717, 1.165) is 29.7 Å². The minimum absolute atomic E-state index is 0.0311. The van der Waals surface area contributed by atoms with Crippen molar-refractivity contribution in [1.29, 1.82) is 0 Å². The van der Waals surface area contributed by atoms with Crippen LogP contribution in [0.2, 0.25) is 5.15 Å². The van der Waals surface area contributed by atoms with Crippen molar-refractivity contribution in [2.75, 3.05) is 23.3 Å². The summed E-state index contributed by atoms with van der Waals surface area (Å²) < 4.78 is 1.79. The van der Waals surface area contributed by atoms with Gasteiger partial charge in [-0.05, 0) is 55.7 Å². The van der Waals surface area contributed by atoms with Crippen LogP contribution in [0.15, 0.2) is 48.5 Å². The van der Waals surface area contributed by atoms with E-state index >= 15 is 0 Å². The summed E-state index contributed by atoms with van der Waals surface area (Å²) in [6.07, 6.45) is 4.17. The number of nitrogens with zero attached hydrogens (tertiary/aromatic N) is 3. The number of fused-ring (bicyclic) bond motifs is 1. The van der Waals surface area contributed by atoms with Gasteiger partial charge in [-0.25, -0.2) is 0 Å². The zero-order chi connectivity index (χ0) is 18.6. The number of piperidine rings is 1. The predicted molar refractivity (Wildman–Crippen MR) is 110 cm³/mol. The maximum atomic E-state index is 12.3. The largest absolute Gasteiger partial charge is 0.372 e. The summed E-state index contributed by atoms with van der Waals surface area (Å²) in [7, 11) is 0. The number of aryl methyl sites for hydroxylation is 1. The summed E-state index contributed by atoms with van der Waals surface area (Å²) in [5, 5.41) is 8.68. The molecule has 1 aromatic heterocycles. The Morgan fingerprint density at radius 1 is 1.04 bits per heavy atom. The number of para-hydroxylation sites is 1. The van der Waals surface area contributed by atoms with Gasteiger partial charge >= 0.3 is 0 Å². The topological polar surface area (TPSA) is 50.2 Å². The van der Waals surface area contributed by atoms with Crippen LogP contribution in [0.25, 0.3) is 10.9 Å². The highest BCUT2D eigenvalue weighted by Gasteiger charge is 2.12. The number of hydrogen-bond acceptors (Lipinski definition) is 3. The maximum absolute atomic E-state index is 12.3. The first kappa shape index (κ1) is 17.9. The number of anilines is 2. The van der Waals surface area contributed by atoms with Gasteiger partial charge in [0.1, 0.15) is 0 Å². The van der Waals surface area contributed by atoms with Crippen LogP contribution in [0.5, 0.6) is 0 Å². The van der Waals surface area contributed by atoms with E-state index in [1.54, 1.807) is 4.68 Å². The molecule has 1 amide bonds. The number of aromatic nitrogens is 2. The molecule has 1 N–H and O–H groups in total. The van der Waals surface area contributed by atoms with Gasteiger partial charge in [-0.3, -0.25) is 9.48 Å². The minimum Gasteiger partial charge on any atom is -0.372 e. The molecule has 140 valence electrons. The SMILES string of the molecule is O=C(CCn1nc(Cl)c2ccccc21)Nc1ccc(N2CCCCC2)cc1. The average Bonchev–Trinajstić information content (AvgIpc) is 3.04. The smallest absolute Gasteiger partial charge is 0.226 e. The lowest BCUT2D eigenvalue weighted by Crippen LogP contribution is -2.29. The molecule has 1 aliphatic rings. The summed E-state index contributed by atoms with van der Waals surface area (Å²) in [6, 6.07) is 15.9. The molecule has 0 aliphatic carbocycles. The molecule has 5 nitrogen and oxygen atoms in total. The Bertz CT molecular complexity index is 929. The highest BCUT2D eigenvalue weighted by molar-refractivity contribution is 6.34. The summed E-state index contributed by atoms with van der Waals surface area (Å²) >= 11 is 6.17. The van der Waals surface area contributed by atoms with Crippen LogP contribution in [-0.2, 0) is 11.3 Å². The number of amides is 1. The molecule has 4 rings (SSSR count). The monoisotopic (exact) mass is 382 g/mol. The molecular formula is C21H23ClN4O. The zero-order valence-corrected chi connectivity index (χ0v) is 16.0. The van der Waals surface area contributed by atoms with Crippen LogP contribution in [0.3, 0.4) is 0 Å². The fourth-order valence-corrected chi connectivity index (χ4v) is 3.85. The summed E-state index contributed by atoms with van der Waals surface area (Å²) in [4.78, 5) is 14.7. The standard InChI is InChI=1S/C21H23ClN4O/c22-21-18-6-2-3-7-19(18)26(24-21)15-12-20(27)23-16-8-10-17(11-9-16)25-13-4-1-5-14-25/h2-3,6-11H,1,4-5,12-15H2,(H,23,27). The number of benzene rings is 2. The van der Waals surface area contributed by atoms with Crippen LogP contribution in [0, 0.1) is 0 Å². The Kier molecular flexibility index (Phi) is 5.30. The van der Waals surface area contributed by atoms with Crippen LogP contribution in [-0.4, -0.2) is 28.8 Å². The molecule has 0 atom stereocenters. The van der Waals surface area contributed by atoms with Gasteiger partial charge in [0.05, 0.1) is 12.1 Å². The Morgan fingerprint density at radius 3 is 2.56 bits per heavy atom.